The van der Waals surface area contributed by atoms with E-state index in [0.29, 0.717) is 12.3 Å². The van der Waals surface area contributed by atoms with Crippen molar-refractivity contribution in [1.82, 2.24) is 5.32 Å². The first-order valence-electron chi connectivity index (χ1n) is 7.79. The van der Waals surface area contributed by atoms with Crippen LogP contribution in [-0.4, -0.2) is 25.2 Å². The maximum atomic E-state index is 12.2. The average Bonchev–Trinajstić information content (AvgIpc) is 2.48. The van der Waals surface area contributed by atoms with Crippen molar-refractivity contribution in [1.29, 1.82) is 0 Å². The summed E-state index contributed by atoms with van der Waals surface area (Å²) >= 11 is 0. The first-order chi connectivity index (χ1) is 10.1. The van der Waals surface area contributed by atoms with Crippen molar-refractivity contribution in [2.45, 2.75) is 45.1 Å². The molecule has 2 unspecified atom stereocenters. The molecule has 116 valence electrons. The van der Waals surface area contributed by atoms with E-state index in [-0.39, 0.29) is 17.9 Å². The molecule has 1 aliphatic heterocycles. The third kappa shape index (κ3) is 4.74. The van der Waals surface area contributed by atoms with Crippen LogP contribution < -0.4 is 11.1 Å². The van der Waals surface area contributed by atoms with E-state index in [4.69, 9.17) is 10.5 Å². The molecule has 1 fully saturated rings. The van der Waals surface area contributed by atoms with Crippen molar-refractivity contribution in [3.63, 3.8) is 0 Å². The van der Waals surface area contributed by atoms with Gasteiger partial charge in [0.25, 0.3) is 0 Å². The molecule has 0 aliphatic carbocycles. The third-order valence-corrected chi connectivity index (χ3v) is 4.36. The van der Waals surface area contributed by atoms with Gasteiger partial charge in [-0.05, 0) is 49.3 Å². The molecule has 1 aromatic rings. The van der Waals surface area contributed by atoms with Crippen LogP contribution in [0.25, 0.3) is 0 Å². The number of benzene rings is 1. The van der Waals surface area contributed by atoms with Gasteiger partial charge in [0.15, 0.2) is 0 Å². The molecule has 2 rings (SSSR count). The van der Waals surface area contributed by atoms with E-state index in [1.54, 1.807) is 0 Å². The number of ether oxygens (including phenoxy) is 1. The van der Waals surface area contributed by atoms with E-state index in [9.17, 15) is 4.79 Å². The van der Waals surface area contributed by atoms with E-state index in [2.05, 4.69) is 19.2 Å². The zero-order chi connectivity index (χ0) is 15.2. The van der Waals surface area contributed by atoms with Gasteiger partial charge in [-0.15, -0.1) is 0 Å². The largest absolute Gasteiger partial charge is 0.399 e. The van der Waals surface area contributed by atoms with Gasteiger partial charge in [0.1, 0.15) is 0 Å². The van der Waals surface area contributed by atoms with Gasteiger partial charge in [-0.2, -0.15) is 0 Å². The fourth-order valence-electron chi connectivity index (χ4n) is 2.87. The zero-order valence-corrected chi connectivity index (χ0v) is 13.0. The van der Waals surface area contributed by atoms with Crippen molar-refractivity contribution in [2.75, 3.05) is 18.9 Å². The van der Waals surface area contributed by atoms with Gasteiger partial charge < -0.3 is 15.8 Å². The number of anilines is 1. The van der Waals surface area contributed by atoms with E-state index in [1.807, 2.05) is 24.3 Å². The summed E-state index contributed by atoms with van der Waals surface area (Å²) in [6.45, 7) is 5.80. The molecule has 0 bridgehead atoms. The molecule has 2 atom stereocenters. The second-order valence-electron chi connectivity index (χ2n) is 6.08. The number of rotatable bonds is 5. The van der Waals surface area contributed by atoms with Crippen LogP contribution >= 0.6 is 0 Å². The lowest BCUT2D eigenvalue weighted by molar-refractivity contribution is -0.122. The fourth-order valence-corrected chi connectivity index (χ4v) is 2.87. The van der Waals surface area contributed by atoms with Gasteiger partial charge >= 0.3 is 0 Å². The van der Waals surface area contributed by atoms with Gasteiger partial charge in [-0.1, -0.05) is 19.1 Å². The second-order valence-corrected chi connectivity index (χ2v) is 6.08. The Morgan fingerprint density at radius 3 is 2.52 bits per heavy atom. The Labute approximate surface area is 127 Å². The Morgan fingerprint density at radius 2 is 1.90 bits per heavy atom. The van der Waals surface area contributed by atoms with Crippen molar-refractivity contribution < 1.29 is 9.53 Å². The van der Waals surface area contributed by atoms with Gasteiger partial charge in [0.05, 0.1) is 0 Å². The molecule has 0 aromatic heterocycles. The second kappa shape index (κ2) is 7.46. The third-order valence-electron chi connectivity index (χ3n) is 4.36. The predicted molar refractivity (Wildman–Crippen MR) is 85.0 cm³/mol. The molecule has 0 spiro atoms. The standard InChI is InChI=1S/C17H26N2O2/c1-12(14-3-5-16(18)6-4-14)11-17(20)19-13(2)15-7-9-21-10-8-15/h3-6,12-13,15H,7-11,18H2,1-2H3,(H,19,20). The molecule has 4 heteroatoms. The Morgan fingerprint density at radius 1 is 1.29 bits per heavy atom. The highest BCUT2D eigenvalue weighted by Gasteiger charge is 2.22. The zero-order valence-electron chi connectivity index (χ0n) is 13.0. The molecular weight excluding hydrogens is 264 g/mol. The first kappa shape index (κ1) is 15.8. The van der Waals surface area contributed by atoms with Gasteiger partial charge in [0.2, 0.25) is 5.91 Å². The SMILES string of the molecule is CC(CC(=O)NC(C)C1CCOCC1)c1ccc(N)cc1. The van der Waals surface area contributed by atoms with Crippen LogP contribution in [0, 0.1) is 5.92 Å². The molecule has 21 heavy (non-hydrogen) atoms. The van der Waals surface area contributed by atoms with Crippen LogP contribution in [0.3, 0.4) is 0 Å². The number of carbonyl (C=O) groups is 1. The molecule has 0 radical (unpaired) electrons. The number of amides is 1. The smallest absolute Gasteiger partial charge is 0.220 e. The van der Waals surface area contributed by atoms with Crippen LogP contribution in [0.1, 0.15) is 44.6 Å². The molecular formula is C17H26N2O2. The molecule has 4 nitrogen and oxygen atoms in total. The molecule has 1 aliphatic rings. The summed E-state index contributed by atoms with van der Waals surface area (Å²) in [5, 5.41) is 3.14. The van der Waals surface area contributed by atoms with E-state index in [0.717, 1.165) is 37.3 Å². The van der Waals surface area contributed by atoms with Crippen LogP contribution in [0.2, 0.25) is 0 Å². The van der Waals surface area contributed by atoms with Gasteiger partial charge in [-0.25, -0.2) is 0 Å². The Bertz CT molecular complexity index is 452. The number of nitrogens with one attached hydrogen (secondary N) is 1. The molecule has 1 aromatic carbocycles. The van der Waals surface area contributed by atoms with Crippen molar-refractivity contribution in [2.24, 2.45) is 5.92 Å². The lowest BCUT2D eigenvalue weighted by Crippen LogP contribution is -2.40. The Hall–Kier alpha value is -1.55. The summed E-state index contributed by atoms with van der Waals surface area (Å²) in [4.78, 5) is 12.2. The van der Waals surface area contributed by atoms with Crippen molar-refractivity contribution in [3.8, 4) is 0 Å². The predicted octanol–water partition coefficient (Wildman–Crippen LogP) is 2.69. The van der Waals surface area contributed by atoms with Gasteiger partial charge in [0, 0.05) is 31.4 Å². The van der Waals surface area contributed by atoms with Crippen LogP contribution in [0.15, 0.2) is 24.3 Å². The highest BCUT2D eigenvalue weighted by molar-refractivity contribution is 5.77. The maximum Gasteiger partial charge on any atom is 0.220 e. The maximum absolute atomic E-state index is 12.2. The monoisotopic (exact) mass is 290 g/mol. The lowest BCUT2D eigenvalue weighted by atomic mass is 9.92. The van der Waals surface area contributed by atoms with Crippen LogP contribution in [0.5, 0.6) is 0 Å². The minimum absolute atomic E-state index is 0.123. The summed E-state index contributed by atoms with van der Waals surface area (Å²) in [5.41, 5.74) is 7.59. The summed E-state index contributed by atoms with van der Waals surface area (Å²) < 4.78 is 5.36. The van der Waals surface area contributed by atoms with E-state index < -0.39 is 0 Å². The summed E-state index contributed by atoms with van der Waals surface area (Å²) in [5.74, 6) is 0.861. The normalized spacial score (nSPS) is 19.0. The van der Waals surface area contributed by atoms with Crippen LogP contribution in [0.4, 0.5) is 5.69 Å². The highest BCUT2D eigenvalue weighted by Crippen LogP contribution is 2.22. The Kier molecular flexibility index (Phi) is 5.62. The summed E-state index contributed by atoms with van der Waals surface area (Å²) in [6, 6.07) is 7.98. The van der Waals surface area contributed by atoms with E-state index >= 15 is 0 Å². The van der Waals surface area contributed by atoms with Crippen molar-refractivity contribution in [3.05, 3.63) is 29.8 Å². The topological polar surface area (TPSA) is 64.3 Å². The Balaban J connectivity index is 1.81. The molecule has 1 amide bonds. The molecule has 3 N–H and O–H groups in total. The number of hydrogen-bond acceptors (Lipinski definition) is 3. The lowest BCUT2D eigenvalue weighted by Gasteiger charge is -2.28. The highest BCUT2D eigenvalue weighted by atomic mass is 16.5. The minimum Gasteiger partial charge on any atom is -0.399 e. The summed E-state index contributed by atoms with van der Waals surface area (Å²) in [7, 11) is 0. The van der Waals surface area contributed by atoms with E-state index in [1.165, 1.54) is 0 Å². The fraction of sp³-hybridized carbons (Fsp3) is 0.588. The number of hydrogen-bond donors (Lipinski definition) is 2. The summed E-state index contributed by atoms with van der Waals surface area (Å²) in [6.07, 6.45) is 2.58. The van der Waals surface area contributed by atoms with Crippen LogP contribution in [-0.2, 0) is 9.53 Å². The number of nitrogens with two attached hydrogens (primary N) is 1. The average molecular weight is 290 g/mol. The molecule has 1 heterocycles. The van der Waals surface area contributed by atoms with Gasteiger partial charge in [-0.3, -0.25) is 4.79 Å². The molecule has 0 saturated carbocycles. The number of carbonyl (C=O) groups excluding carboxylic acids is 1. The van der Waals surface area contributed by atoms with Crippen molar-refractivity contribution >= 4 is 11.6 Å². The minimum atomic E-state index is 0.123. The quantitative estimate of drug-likeness (QED) is 0.819. The molecule has 1 saturated heterocycles. The number of nitrogen functional groups attached to an aromatic ring is 1. The first-order valence-corrected chi connectivity index (χ1v) is 7.79.